The largest absolute Gasteiger partial charge is 0.273 e. The molecule has 0 saturated heterocycles. The number of nitrogens with one attached hydrogen (secondary N) is 2. The third-order valence-corrected chi connectivity index (χ3v) is 5.60. The van der Waals surface area contributed by atoms with E-state index < -0.39 is 0 Å². The van der Waals surface area contributed by atoms with Gasteiger partial charge in [-0.15, -0.1) is 0 Å². The average molecular weight is 356 g/mol. The molecule has 0 unspecified atom stereocenters. The van der Waals surface area contributed by atoms with Crippen LogP contribution in [0.3, 0.4) is 0 Å². The fourth-order valence-corrected chi connectivity index (χ4v) is 2.18. The quantitative estimate of drug-likeness (QED) is 0.598. The number of hydrazine groups is 1. The monoisotopic (exact) mass is 354 g/mol. The first kappa shape index (κ1) is 14.0. The van der Waals surface area contributed by atoms with Crippen LogP contribution in [0.1, 0.15) is 27.2 Å². The summed E-state index contributed by atoms with van der Waals surface area (Å²) < 4.78 is 0. The number of alkyl halides is 2. The fraction of sp³-hybridized carbons (Fsp3) is 0.800. The van der Waals surface area contributed by atoms with Crippen molar-refractivity contribution in [1.29, 1.82) is 0 Å². The molecule has 1 fully saturated rings. The van der Waals surface area contributed by atoms with Gasteiger partial charge in [-0.1, -0.05) is 45.7 Å². The first-order valence-electron chi connectivity index (χ1n) is 5.17. The van der Waals surface area contributed by atoms with Gasteiger partial charge in [0.05, 0.1) is 10.2 Å². The van der Waals surface area contributed by atoms with Crippen LogP contribution in [0, 0.1) is 11.3 Å². The zero-order valence-corrected chi connectivity index (χ0v) is 12.7. The highest BCUT2D eigenvalue weighted by molar-refractivity contribution is 9.10. The van der Waals surface area contributed by atoms with Crippen molar-refractivity contribution in [3.05, 3.63) is 0 Å². The fourth-order valence-electron chi connectivity index (χ4n) is 1.18. The summed E-state index contributed by atoms with van der Waals surface area (Å²) in [5.74, 6) is -0.192. The minimum Gasteiger partial charge on any atom is -0.273 e. The maximum Gasteiger partial charge on any atom is 0.252 e. The van der Waals surface area contributed by atoms with E-state index >= 15 is 0 Å². The Bertz CT molecular complexity index is 309. The standard InChI is InChI=1S/C10H16Br2N2O2/c1-5(2)7(12)8(15)13-14-9(16)10(3)4-6(10)11/h5-7H,4H2,1-3H3,(H,13,15)(H,14,16)/t6-,7+,10+/m0/s1. The summed E-state index contributed by atoms with van der Waals surface area (Å²) in [6.07, 6.45) is 0.802. The minimum atomic E-state index is -0.382. The maximum absolute atomic E-state index is 11.7. The first-order valence-corrected chi connectivity index (χ1v) is 7.00. The molecular formula is C10H16Br2N2O2. The first-order chi connectivity index (χ1) is 7.29. The van der Waals surface area contributed by atoms with Gasteiger partial charge >= 0.3 is 0 Å². The highest BCUT2D eigenvalue weighted by Crippen LogP contribution is 2.51. The molecular weight excluding hydrogens is 340 g/mol. The normalized spacial score (nSPS) is 29.8. The second kappa shape index (κ2) is 5.04. The molecule has 0 radical (unpaired) electrons. The van der Waals surface area contributed by atoms with E-state index in [0.717, 1.165) is 6.42 Å². The molecule has 0 aromatic carbocycles. The second-order valence-electron chi connectivity index (χ2n) is 4.68. The molecule has 2 amide bonds. The summed E-state index contributed by atoms with van der Waals surface area (Å²) in [7, 11) is 0. The average Bonchev–Trinajstić information content (AvgIpc) is 2.83. The molecule has 1 rings (SSSR count). The van der Waals surface area contributed by atoms with E-state index in [1.54, 1.807) is 0 Å². The Kier molecular flexibility index (Phi) is 4.40. The molecule has 0 aromatic heterocycles. The molecule has 3 atom stereocenters. The van der Waals surface area contributed by atoms with Crippen LogP contribution in [0.5, 0.6) is 0 Å². The Morgan fingerprint density at radius 3 is 2.25 bits per heavy atom. The van der Waals surface area contributed by atoms with Crippen LogP contribution in [0.4, 0.5) is 0 Å². The Hall–Kier alpha value is -0.100. The lowest BCUT2D eigenvalue weighted by Gasteiger charge is -2.16. The predicted octanol–water partition coefficient (Wildman–Crippen LogP) is 1.73. The van der Waals surface area contributed by atoms with Gasteiger partial charge < -0.3 is 0 Å². The van der Waals surface area contributed by atoms with E-state index in [4.69, 9.17) is 0 Å². The van der Waals surface area contributed by atoms with Gasteiger partial charge in [0.2, 0.25) is 5.91 Å². The summed E-state index contributed by atoms with van der Waals surface area (Å²) in [5, 5.41) is 0. The third-order valence-electron chi connectivity index (χ3n) is 2.79. The van der Waals surface area contributed by atoms with Gasteiger partial charge in [0.15, 0.2) is 0 Å². The topological polar surface area (TPSA) is 58.2 Å². The van der Waals surface area contributed by atoms with Crippen LogP contribution < -0.4 is 10.9 Å². The highest BCUT2D eigenvalue weighted by atomic mass is 79.9. The molecule has 92 valence electrons. The number of carbonyl (C=O) groups is 2. The lowest BCUT2D eigenvalue weighted by molar-refractivity contribution is -0.131. The molecule has 1 aliphatic rings. The number of halogens is 2. The lowest BCUT2D eigenvalue weighted by atomic mass is 10.1. The van der Waals surface area contributed by atoms with Crippen LogP contribution in [0.2, 0.25) is 0 Å². The van der Waals surface area contributed by atoms with Gasteiger partial charge in [-0.25, -0.2) is 0 Å². The van der Waals surface area contributed by atoms with Crippen molar-refractivity contribution in [3.8, 4) is 0 Å². The van der Waals surface area contributed by atoms with Gasteiger partial charge in [0, 0.05) is 4.83 Å². The van der Waals surface area contributed by atoms with Crippen LogP contribution in [-0.2, 0) is 9.59 Å². The van der Waals surface area contributed by atoms with E-state index in [0.29, 0.717) is 0 Å². The minimum absolute atomic E-state index is 0.147. The molecule has 1 aliphatic carbocycles. The Balaban J connectivity index is 2.36. The summed E-state index contributed by atoms with van der Waals surface area (Å²) >= 11 is 6.64. The van der Waals surface area contributed by atoms with Gasteiger partial charge in [-0.2, -0.15) is 0 Å². The predicted molar refractivity (Wildman–Crippen MR) is 69.3 cm³/mol. The van der Waals surface area contributed by atoms with Crippen molar-refractivity contribution in [2.75, 3.05) is 0 Å². The summed E-state index contributed by atoms with van der Waals surface area (Å²) in [4.78, 5) is 23.1. The summed E-state index contributed by atoms with van der Waals surface area (Å²) in [6, 6.07) is 0. The van der Waals surface area contributed by atoms with Crippen LogP contribution >= 0.6 is 31.9 Å². The molecule has 6 heteroatoms. The van der Waals surface area contributed by atoms with Crippen molar-refractivity contribution in [2.45, 2.75) is 36.8 Å². The molecule has 1 saturated carbocycles. The molecule has 0 heterocycles. The van der Waals surface area contributed by atoms with E-state index in [2.05, 4.69) is 42.7 Å². The Morgan fingerprint density at radius 2 is 1.88 bits per heavy atom. The van der Waals surface area contributed by atoms with Crippen molar-refractivity contribution in [3.63, 3.8) is 0 Å². The summed E-state index contributed by atoms with van der Waals surface area (Å²) in [5.41, 5.74) is 4.50. The van der Waals surface area contributed by atoms with E-state index in [-0.39, 0.29) is 32.8 Å². The second-order valence-corrected chi connectivity index (χ2v) is 6.77. The number of carbonyl (C=O) groups excluding carboxylic acids is 2. The smallest absolute Gasteiger partial charge is 0.252 e. The third kappa shape index (κ3) is 2.97. The van der Waals surface area contributed by atoms with Gasteiger partial charge in [-0.05, 0) is 19.3 Å². The number of amides is 2. The zero-order valence-electron chi connectivity index (χ0n) is 9.51. The van der Waals surface area contributed by atoms with Crippen molar-refractivity contribution < 1.29 is 9.59 Å². The van der Waals surface area contributed by atoms with Crippen molar-refractivity contribution in [1.82, 2.24) is 10.9 Å². The molecule has 0 bridgehead atoms. The Morgan fingerprint density at radius 1 is 1.38 bits per heavy atom. The lowest BCUT2D eigenvalue weighted by Crippen LogP contribution is -2.48. The number of hydrogen-bond acceptors (Lipinski definition) is 2. The number of hydrogen-bond donors (Lipinski definition) is 2. The van der Waals surface area contributed by atoms with Gasteiger partial charge in [-0.3, -0.25) is 20.4 Å². The molecule has 16 heavy (non-hydrogen) atoms. The molecule has 2 N–H and O–H groups in total. The maximum atomic E-state index is 11.7. The van der Waals surface area contributed by atoms with Crippen molar-refractivity contribution >= 4 is 43.7 Å². The molecule has 0 aromatic rings. The van der Waals surface area contributed by atoms with E-state index in [1.807, 2.05) is 20.8 Å². The van der Waals surface area contributed by atoms with Gasteiger partial charge in [0.1, 0.15) is 0 Å². The number of rotatable bonds is 3. The van der Waals surface area contributed by atoms with Gasteiger partial charge in [0.25, 0.3) is 5.91 Å². The molecule has 0 spiro atoms. The summed E-state index contributed by atoms with van der Waals surface area (Å²) in [6.45, 7) is 5.72. The highest BCUT2D eigenvalue weighted by Gasteiger charge is 2.54. The zero-order chi connectivity index (χ0) is 12.5. The van der Waals surface area contributed by atoms with E-state index in [1.165, 1.54) is 0 Å². The van der Waals surface area contributed by atoms with E-state index in [9.17, 15) is 9.59 Å². The van der Waals surface area contributed by atoms with Crippen LogP contribution in [0.15, 0.2) is 0 Å². The van der Waals surface area contributed by atoms with Crippen molar-refractivity contribution in [2.24, 2.45) is 11.3 Å². The van der Waals surface area contributed by atoms with Crippen LogP contribution in [-0.4, -0.2) is 21.5 Å². The SMILES string of the molecule is CC(C)[C@@H](Br)C(=O)NNC(=O)[C@]1(C)C[C@@H]1Br. The molecule has 4 nitrogen and oxygen atoms in total. The molecule has 0 aliphatic heterocycles. The van der Waals surface area contributed by atoms with Crippen LogP contribution in [0.25, 0.3) is 0 Å². The Labute approximate surface area is 112 Å².